The number of carbonyl (C=O) groups excluding carboxylic acids is 1. The van der Waals surface area contributed by atoms with Crippen LogP contribution in [0.2, 0.25) is 0 Å². The van der Waals surface area contributed by atoms with Crippen molar-refractivity contribution < 1.29 is 4.79 Å². The average Bonchev–Trinajstić information content (AvgIpc) is 2.36. The summed E-state index contributed by atoms with van der Waals surface area (Å²) in [5, 5.41) is 8.49. The lowest BCUT2D eigenvalue weighted by atomic mass is 9.91. The molecule has 0 bridgehead atoms. The molecule has 0 aromatic carbocycles. The normalized spacial score (nSPS) is 19.2. The van der Waals surface area contributed by atoms with Gasteiger partial charge in [0.2, 0.25) is 5.91 Å². The average molecular weight is 252 g/mol. The lowest BCUT2D eigenvalue weighted by Crippen LogP contribution is -2.44. The van der Waals surface area contributed by atoms with Gasteiger partial charge in [-0.1, -0.05) is 0 Å². The quantitative estimate of drug-likeness (QED) is 0.769. The first kappa shape index (κ1) is 14.9. The van der Waals surface area contributed by atoms with Crippen LogP contribution < -0.4 is 5.73 Å². The second-order valence-corrected chi connectivity index (χ2v) is 5.20. The Hall–Kier alpha value is -1.12. The Kier molecular flexibility index (Phi) is 6.10. The van der Waals surface area contributed by atoms with E-state index in [-0.39, 0.29) is 11.9 Å². The Labute approximate surface area is 110 Å². The molecule has 0 radical (unpaired) electrons. The fourth-order valence-electron chi connectivity index (χ4n) is 2.29. The van der Waals surface area contributed by atoms with Crippen LogP contribution in [0.15, 0.2) is 0 Å². The van der Waals surface area contributed by atoms with Crippen LogP contribution in [0.4, 0.5) is 0 Å². The number of nitrogens with zero attached hydrogens (tertiary/aromatic N) is 3. The fraction of sp³-hybridized carbons (Fsp3) is 0.846. The topological polar surface area (TPSA) is 73.4 Å². The number of piperidine rings is 1. The predicted molar refractivity (Wildman–Crippen MR) is 70.7 cm³/mol. The first-order valence-electron chi connectivity index (χ1n) is 6.63. The highest BCUT2D eigenvalue weighted by Gasteiger charge is 2.23. The number of carbonyl (C=O) groups is 1. The van der Waals surface area contributed by atoms with Crippen LogP contribution in [-0.4, -0.2) is 55.0 Å². The van der Waals surface area contributed by atoms with Crippen molar-refractivity contribution in [2.24, 2.45) is 11.7 Å². The summed E-state index contributed by atoms with van der Waals surface area (Å²) in [6.45, 7) is 4.94. The SMILES string of the molecule is CC(N)C1CCN(CC(=O)N(C)CCC#N)CC1. The number of rotatable bonds is 5. The largest absolute Gasteiger partial charge is 0.344 e. The third-order valence-electron chi connectivity index (χ3n) is 3.72. The van der Waals surface area contributed by atoms with Gasteiger partial charge in [-0.3, -0.25) is 9.69 Å². The molecule has 1 aliphatic rings. The fourth-order valence-corrected chi connectivity index (χ4v) is 2.29. The van der Waals surface area contributed by atoms with Gasteiger partial charge in [0.05, 0.1) is 19.0 Å². The standard InChI is InChI=1S/C13H24N4O/c1-11(15)12-4-8-17(9-5-12)10-13(18)16(2)7-3-6-14/h11-12H,3-5,7-10,15H2,1-2H3. The maximum absolute atomic E-state index is 11.9. The monoisotopic (exact) mass is 252 g/mol. The van der Waals surface area contributed by atoms with Gasteiger partial charge in [-0.05, 0) is 38.8 Å². The summed E-state index contributed by atoms with van der Waals surface area (Å²) in [5.74, 6) is 0.692. The van der Waals surface area contributed by atoms with E-state index in [1.54, 1.807) is 11.9 Å². The highest BCUT2D eigenvalue weighted by molar-refractivity contribution is 5.78. The molecule has 0 aliphatic carbocycles. The van der Waals surface area contributed by atoms with Crippen LogP contribution >= 0.6 is 0 Å². The lowest BCUT2D eigenvalue weighted by Gasteiger charge is -2.34. The Bertz CT molecular complexity index is 303. The van der Waals surface area contributed by atoms with Gasteiger partial charge in [-0.15, -0.1) is 0 Å². The van der Waals surface area contributed by atoms with Crippen LogP contribution in [0.3, 0.4) is 0 Å². The number of likely N-dealkylation sites (N-methyl/N-ethyl adjacent to an activating group) is 1. The van der Waals surface area contributed by atoms with Crippen molar-refractivity contribution in [2.75, 3.05) is 33.2 Å². The number of hydrogen-bond donors (Lipinski definition) is 1. The third-order valence-corrected chi connectivity index (χ3v) is 3.72. The van der Waals surface area contributed by atoms with E-state index in [1.807, 2.05) is 0 Å². The van der Waals surface area contributed by atoms with Gasteiger partial charge in [0, 0.05) is 19.6 Å². The molecule has 0 aromatic rings. The molecule has 0 aromatic heterocycles. The highest BCUT2D eigenvalue weighted by Crippen LogP contribution is 2.19. The molecule has 5 heteroatoms. The maximum Gasteiger partial charge on any atom is 0.236 e. The second kappa shape index (κ2) is 7.34. The van der Waals surface area contributed by atoms with E-state index in [0.29, 0.717) is 25.4 Å². The van der Waals surface area contributed by atoms with Crippen molar-refractivity contribution in [2.45, 2.75) is 32.2 Å². The van der Waals surface area contributed by atoms with E-state index in [2.05, 4.69) is 17.9 Å². The molecule has 1 rings (SSSR count). The van der Waals surface area contributed by atoms with Crippen molar-refractivity contribution in [3.05, 3.63) is 0 Å². The van der Waals surface area contributed by atoms with E-state index < -0.39 is 0 Å². The Morgan fingerprint density at radius 3 is 2.67 bits per heavy atom. The molecule has 0 saturated carbocycles. The number of nitrogens with two attached hydrogens (primary N) is 1. The van der Waals surface area contributed by atoms with Gasteiger partial charge >= 0.3 is 0 Å². The minimum atomic E-state index is 0.101. The summed E-state index contributed by atoms with van der Waals surface area (Å²) in [5.41, 5.74) is 5.89. The molecule has 1 atom stereocenters. The van der Waals surface area contributed by atoms with Gasteiger partial charge in [-0.2, -0.15) is 5.26 Å². The van der Waals surface area contributed by atoms with E-state index in [0.717, 1.165) is 25.9 Å². The molecule has 102 valence electrons. The van der Waals surface area contributed by atoms with Gasteiger partial charge in [-0.25, -0.2) is 0 Å². The zero-order valence-electron chi connectivity index (χ0n) is 11.4. The van der Waals surface area contributed by atoms with Crippen LogP contribution in [0, 0.1) is 17.2 Å². The third kappa shape index (κ3) is 4.63. The van der Waals surface area contributed by atoms with Gasteiger partial charge in [0.25, 0.3) is 0 Å². The van der Waals surface area contributed by atoms with Crippen molar-refractivity contribution in [1.29, 1.82) is 5.26 Å². The first-order chi connectivity index (χ1) is 8.54. The molecule has 1 saturated heterocycles. The Morgan fingerprint density at radius 2 is 2.17 bits per heavy atom. The maximum atomic E-state index is 11.9. The summed E-state index contributed by atoms with van der Waals surface area (Å²) in [4.78, 5) is 15.7. The van der Waals surface area contributed by atoms with Crippen molar-refractivity contribution in [3.8, 4) is 6.07 Å². The zero-order chi connectivity index (χ0) is 13.5. The smallest absolute Gasteiger partial charge is 0.236 e. The van der Waals surface area contributed by atoms with Crippen molar-refractivity contribution in [3.63, 3.8) is 0 Å². The molecular formula is C13H24N4O. The molecule has 1 amide bonds. The molecule has 0 spiro atoms. The van der Waals surface area contributed by atoms with Crippen LogP contribution in [-0.2, 0) is 4.79 Å². The van der Waals surface area contributed by atoms with Gasteiger partial charge < -0.3 is 10.6 Å². The van der Waals surface area contributed by atoms with Gasteiger partial charge in [0.1, 0.15) is 0 Å². The molecule has 5 nitrogen and oxygen atoms in total. The number of amides is 1. The summed E-state index contributed by atoms with van der Waals surface area (Å²) >= 11 is 0. The molecule has 18 heavy (non-hydrogen) atoms. The predicted octanol–water partition coefficient (Wildman–Crippen LogP) is 0.418. The van der Waals surface area contributed by atoms with E-state index in [4.69, 9.17) is 11.0 Å². The molecular weight excluding hydrogens is 228 g/mol. The lowest BCUT2D eigenvalue weighted by molar-refractivity contribution is -0.131. The summed E-state index contributed by atoms with van der Waals surface area (Å²) in [7, 11) is 1.76. The van der Waals surface area contributed by atoms with Crippen molar-refractivity contribution in [1.82, 2.24) is 9.80 Å². The molecule has 1 aliphatic heterocycles. The van der Waals surface area contributed by atoms with E-state index in [1.165, 1.54) is 0 Å². The Morgan fingerprint density at radius 1 is 1.56 bits per heavy atom. The highest BCUT2D eigenvalue weighted by atomic mass is 16.2. The summed E-state index contributed by atoms with van der Waals surface area (Å²) in [6.07, 6.45) is 2.55. The zero-order valence-corrected chi connectivity index (χ0v) is 11.4. The van der Waals surface area contributed by atoms with Crippen molar-refractivity contribution >= 4 is 5.91 Å². The van der Waals surface area contributed by atoms with Gasteiger partial charge in [0.15, 0.2) is 0 Å². The van der Waals surface area contributed by atoms with Crippen LogP contribution in [0.25, 0.3) is 0 Å². The second-order valence-electron chi connectivity index (χ2n) is 5.20. The summed E-state index contributed by atoms with van der Waals surface area (Å²) < 4.78 is 0. The summed E-state index contributed by atoms with van der Waals surface area (Å²) in [6, 6.07) is 2.31. The number of hydrogen-bond acceptors (Lipinski definition) is 4. The van der Waals surface area contributed by atoms with Crippen LogP contribution in [0.5, 0.6) is 0 Å². The minimum Gasteiger partial charge on any atom is -0.344 e. The minimum absolute atomic E-state index is 0.101. The number of nitriles is 1. The van der Waals surface area contributed by atoms with E-state index >= 15 is 0 Å². The molecule has 1 heterocycles. The molecule has 1 fully saturated rings. The number of likely N-dealkylation sites (tertiary alicyclic amines) is 1. The molecule has 2 N–H and O–H groups in total. The molecule has 1 unspecified atom stereocenters. The van der Waals surface area contributed by atoms with E-state index in [9.17, 15) is 4.79 Å². The first-order valence-corrected chi connectivity index (χ1v) is 6.63. The Balaban J connectivity index is 2.28. The van der Waals surface area contributed by atoms with Crippen LogP contribution in [0.1, 0.15) is 26.2 Å².